The van der Waals surface area contributed by atoms with E-state index in [1.807, 2.05) is 12.3 Å². The lowest BCUT2D eigenvalue weighted by molar-refractivity contribution is 0.550. The third kappa shape index (κ3) is 6.10. The van der Waals surface area contributed by atoms with Gasteiger partial charge in [-0.15, -0.1) is 35.3 Å². The van der Waals surface area contributed by atoms with Crippen molar-refractivity contribution < 1.29 is 0 Å². The number of nitrogens with zero attached hydrogens (tertiary/aromatic N) is 2. The van der Waals surface area contributed by atoms with E-state index in [1.165, 1.54) is 10.4 Å². The molecule has 0 spiro atoms. The molecule has 23 heavy (non-hydrogen) atoms. The van der Waals surface area contributed by atoms with Gasteiger partial charge in [-0.3, -0.25) is 4.99 Å². The summed E-state index contributed by atoms with van der Waals surface area (Å²) in [6.07, 6.45) is 1.90. The summed E-state index contributed by atoms with van der Waals surface area (Å²) in [5.41, 5.74) is 1.33. The summed E-state index contributed by atoms with van der Waals surface area (Å²) in [5.74, 6) is 1.21. The lowest BCUT2D eigenvalue weighted by Gasteiger charge is -2.23. The van der Waals surface area contributed by atoms with Crippen molar-refractivity contribution >= 4 is 41.3 Å². The molecule has 0 fully saturated rings. The first-order chi connectivity index (χ1) is 10.6. The second-order valence-corrected chi connectivity index (χ2v) is 6.74. The number of guanidine groups is 1. The highest BCUT2D eigenvalue weighted by Gasteiger charge is 2.15. The van der Waals surface area contributed by atoms with Crippen molar-refractivity contribution in [3.8, 4) is 0 Å². The molecular weight excluding hydrogens is 419 g/mol. The fourth-order valence-corrected chi connectivity index (χ4v) is 2.95. The van der Waals surface area contributed by atoms with Crippen molar-refractivity contribution in [2.75, 3.05) is 7.05 Å². The SMILES string of the molecule is CN=C(NCc1ncc(C)s1)NC(C)C(C)c1ccccc1.I. The molecule has 0 bridgehead atoms. The van der Waals surface area contributed by atoms with Gasteiger partial charge in [0.25, 0.3) is 0 Å². The van der Waals surface area contributed by atoms with Crippen LogP contribution in [-0.2, 0) is 6.54 Å². The molecule has 2 unspecified atom stereocenters. The van der Waals surface area contributed by atoms with E-state index >= 15 is 0 Å². The van der Waals surface area contributed by atoms with E-state index in [0.29, 0.717) is 12.5 Å². The van der Waals surface area contributed by atoms with Crippen LogP contribution in [0, 0.1) is 6.92 Å². The molecule has 6 heteroatoms. The Kier molecular flexibility index (Phi) is 8.54. The van der Waals surface area contributed by atoms with Crippen molar-refractivity contribution in [1.29, 1.82) is 0 Å². The van der Waals surface area contributed by atoms with Crippen molar-refractivity contribution in [3.05, 3.63) is 52.0 Å². The zero-order chi connectivity index (χ0) is 15.9. The van der Waals surface area contributed by atoms with E-state index < -0.39 is 0 Å². The van der Waals surface area contributed by atoms with Gasteiger partial charge in [0.1, 0.15) is 5.01 Å². The molecule has 2 N–H and O–H groups in total. The lowest BCUT2D eigenvalue weighted by Crippen LogP contribution is -2.43. The second kappa shape index (κ2) is 9.87. The number of aliphatic imine (C=N–C) groups is 1. The number of nitrogens with one attached hydrogen (secondary N) is 2. The van der Waals surface area contributed by atoms with Gasteiger partial charge in [0.2, 0.25) is 0 Å². The molecule has 2 atom stereocenters. The average Bonchev–Trinajstić information content (AvgIpc) is 2.96. The number of rotatable bonds is 5. The van der Waals surface area contributed by atoms with Crippen molar-refractivity contribution in [3.63, 3.8) is 0 Å². The number of aromatic nitrogens is 1. The van der Waals surface area contributed by atoms with Crippen LogP contribution in [0.1, 0.15) is 35.2 Å². The van der Waals surface area contributed by atoms with Gasteiger partial charge >= 0.3 is 0 Å². The number of hydrogen-bond acceptors (Lipinski definition) is 3. The summed E-state index contributed by atoms with van der Waals surface area (Å²) in [6.45, 7) is 7.17. The van der Waals surface area contributed by atoms with Crippen LogP contribution in [0.15, 0.2) is 41.5 Å². The van der Waals surface area contributed by atoms with Gasteiger partial charge in [0.05, 0.1) is 6.54 Å². The van der Waals surface area contributed by atoms with Crippen molar-refractivity contribution in [2.45, 2.75) is 39.3 Å². The Hall–Kier alpha value is -1.15. The molecule has 0 aliphatic carbocycles. The van der Waals surface area contributed by atoms with Gasteiger partial charge in [-0.2, -0.15) is 0 Å². The molecule has 2 aromatic rings. The minimum atomic E-state index is 0. The fraction of sp³-hybridized carbons (Fsp3) is 0.412. The lowest BCUT2D eigenvalue weighted by atomic mass is 9.94. The predicted molar refractivity (Wildman–Crippen MR) is 110 cm³/mol. The Morgan fingerprint density at radius 3 is 2.52 bits per heavy atom. The molecule has 2 rings (SSSR count). The van der Waals surface area contributed by atoms with E-state index in [4.69, 9.17) is 0 Å². The molecule has 0 amide bonds. The van der Waals surface area contributed by atoms with Crippen LogP contribution in [0.2, 0.25) is 0 Å². The summed E-state index contributed by atoms with van der Waals surface area (Å²) >= 11 is 1.71. The molecule has 4 nitrogen and oxygen atoms in total. The molecular formula is C17H25IN4S. The molecule has 0 aliphatic rings. The van der Waals surface area contributed by atoms with E-state index in [0.717, 1.165) is 11.0 Å². The Balaban J connectivity index is 0.00000264. The first kappa shape index (κ1) is 19.9. The quantitative estimate of drug-likeness (QED) is 0.418. The average molecular weight is 444 g/mol. The first-order valence-corrected chi connectivity index (χ1v) is 8.35. The number of benzene rings is 1. The number of halogens is 1. The summed E-state index contributed by atoms with van der Waals surface area (Å²) in [6, 6.07) is 10.8. The van der Waals surface area contributed by atoms with E-state index in [9.17, 15) is 0 Å². The molecule has 0 saturated carbocycles. The van der Waals surface area contributed by atoms with E-state index in [-0.39, 0.29) is 30.0 Å². The smallest absolute Gasteiger partial charge is 0.191 e. The standard InChI is InChI=1S/C17H24N4S.HI/c1-12-10-19-16(22-12)11-20-17(18-4)21-14(3)13(2)15-8-6-5-7-9-15;/h5-10,13-14H,11H2,1-4H3,(H2,18,20,21);1H. The van der Waals surface area contributed by atoms with Crippen molar-refractivity contribution in [2.24, 2.45) is 4.99 Å². The minimum Gasteiger partial charge on any atom is -0.353 e. The Bertz CT molecular complexity index is 612. The number of thiazole rings is 1. The zero-order valence-corrected chi connectivity index (χ0v) is 17.2. The monoisotopic (exact) mass is 444 g/mol. The maximum Gasteiger partial charge on any atom is 0.191 e. The van der Waals surface area contributed by atoms with Crippen LogP contribution in [0.3, 0.4) is 0 Å². The van der Waals surface area contributed by atoms with E-state index in [2.05, 4.69) is 65.6 Å². The largest absolute Gasteiger partial charge is 0.353 e. The van der Waals surface area contributed by atoms with Crippen LogP contribution in [0.4, 0.5) is 0 Å². The van der Waals surface area contributed by atoms with Crippen LogP contribution < -0.4 is 10.6 Å². The fourth-order valence-electron chi connectivity index (χ4n) is 2.22. The zero-order valence-electron chi connectivity index (χ0n) is 14.0. The molecule has 1 aromatic heterocycles. The topological polar surface area (TPSA) is 49.3 Å². The third-order valence-corrected chi connectivity index (χ3v) is 4.65. The Morgan fingerprint density at radius 1 is 1.26 bits per heavy atom. The van der Waals surface area contributed by atoms with E-state index in [1.54, 1.807) is 18.4 Å². The predicted octanol–water partition coefficient (Wildman–Crippen LogP) is 3.93. The highest BCUT2D eigenvalue weighted by molar-refractivity contribution is 14.0. The highest BCUT2D eigenvalue weighted by atomic mass is 127. The maximum absolute atomic E-state index is 4.36. The van der Waals surface area contributed by atoms with Crippen molar-refractivity contribution in [1.82, 2.24) is 15.6 Å². The van der Waals surface area contributed by atoms with Crippen LogP contribution in [-0.4, -0.2) is 24.0 Å². The normalized spacial score (nSPS) is 13.8. The Morgan fingerprint density at radius 2 is 1.96 bits per heavy atom. The maximum atomic E-state index is 4.36. The number of hydrogen-bond donors (Lipinski definition) is 2. The molecule has 0 saturated heterocycles. The highest BCUT2D eigenvalue weighted by Crippen LogP contribution is 2.18. The van der Waals surface area contributed by atoms with Gasteiger partial charge < -0.3 is 10.6 Å². The second-order valence-electron chi connectivity index (χ2n) is 5.42. The van der Waals surface area contributed by atoms with Crippen LogP contribution in [0.25, 0.3) is 0 Å². The summed E-state index contributed by atoms with van der Waals surface area (Å²) in [5, 5.41) is 7.85. The van der Waals surface area contributed by atoms with Gasteiger partial charge in [-0.05, 0) is 19.4 Å². The summed E-state index contributed by atoms with van der Waals surface area (Å²) < 4.78 is 0. The minimum absolute atomic E-state index is 0. The van der Waals surface area contributed by atoms with Gasteiger partial charge in [0, 0.05) is 30.1 Å². The van der Waals surface area contributed by atoms with Gasteiger partial charge in [-0.1, -0.05) is 37.3 Å². The third-order valence-electron chi connectivity index (χ3n) is 3.74. The summed E-state index contributed by atoms with van der Waals surface area (Å²) in [4.78, 5) is 9.88. The molecule has 126 valence electrons. The first-order valence-electron chi connectivity index (χ1n) is 7.53. The Labute approximate surface area is 159 Å². The number of aryl methyl sites for hydroxylation is 1. The van der Waals surface area contributed by atoms with Gasteiger partial charge in [0.15, 0.2) is 5.96 Å². The van der Waals surface area contributed by atoms with Crippen LogP contribution in [0.5, 0.6) is 0 Å². The molecule has 1 heterocycles. The molecule has 0 radical (unpaired) electrons. The molecule has 1 aromatic carbocycles. The molecule has 0 aliphatic heterocycles. The summed E-state index contributed by atoms with van der Waals surface area (Å²) in [7, 11) is 1.79. The van der Waals surface area contributed by atoms with Crippen LogP contribution >= 0.6 is 35.3 Å². The van der Waals surface area contributed by atoms with Gasteiger partial charge in [-0.25, -0.2) is 4.98 Å².